The highest BCUT2D eigenvalue weighted by atomic mass is 16.6. The van der Waals surface area contributed by atoms with E-state index in [0.29, 0.717) is 18.7 Å². The van der Waals surface area contributed by atoms with E-state index < -0.39 is 5.60 Å². The van der Waals surface area contributed by atoms with Crippen LogP contribution < -0.4 is 10.2 Å². The van der Waals surface area contributed by atoms with Crippen molar-refractivity contribution in [2.24, 2.45) is 0 Å². The quantitative estimate of drug-likeness (QED) is 0.305. The van der Waals surface area contributed by atoms with Crippen LogP contribution in [-0.2, 0) is 4.74 Å². The molecule has 5 aromatic rings. The number of hydrogen-bond acceptors (Lipinski definition) is 6. The molecule has 1 N–H and O–H groups in total. The lowest BCUT2D eigenvalue weighted by atomic mass is 9.96. The fraction of sp³-hybridized carbons (Fsp3) is 0.273. The Morgan fingerprint density at radius 1 is 0.833 bits per heavy atom. The predicted octanol–water partition coefficient (Wildman–Crippen LogP) is 5.63. The molecule has 2 amide bonds. The number of aromatic nitrogens is 3. The molecule has 0 bridgehead atoms. The molecule has 214 valence electrons. The molecule has 0 radical (unpaired) electrons. The highest BCUT2D eigenvalue weighted by Gasteiger charge is 2.26. The molecule has 0 spiro atoms. The third kappa shape index (κ3) is 5.25. The Morgan fingerprint density at radius 3 is 2.24 bits per heavy atom. The normalized spacial score (nSPS) is 13.9. The van der Waals surface area contributed by atoms with Crippen molar-refractivity contribution < 1.29 is 14.3 Å². The van der Waals surface area contributed by atoms with E-state index in [2.05, 4.69) is 39.6 Å². The van der Waals surface area contributed by atoms with Crippen LogP contribution in [0.25, 0.3) is 38.7 Å². The van der Waals surface area contributed by atoms with E-state index in [9.17, 15) is 9.59 Å². The highest BCUT2D eigenvalue weighted by molar-refractivity contribution is 6.11. The summed E-state index contributed by atoms with van der Waals surface area (Å²) < 4.78 is 7.32. The Kier molecular flexibility index (Phi) is 7.02. The smallest absolute Gasteiger partial charge is 0.410 e. The summed E-state index contributed by atoms with van der Waals surface area (Å²) in [6.07, 6.45) is 5.43. The minimum absolute atomic E-state index is 0.116. The molecule has 2 aromatic heterocycles. The number of carbonyl (C=O) groups is 2. The van der Waals surface area contributed by atoms with Crippen LogP contribution in [0.5, 0.6) is 0 Å². The van der Waals surface area contributed by atoms with Gasteiger partial charge in [0, 0.05) is 68.0 Å². The summed E-state index contributed by atoms with van der Waals surface area (Å²) >= 11 is 0. The number of rotatable bonds is 4. The molecule has 6 rings (SSSR count). The molecular formula is C33H34N6O3. The maximum atomic E-state index is 12.4. The summed E-state index contributed by atoms with van der Waals surface area (Å²) in [6, 6.07) is 20.1. The summed E-state index contributed by atoms with van der Waals surface area (Å²) in [5, 5.41) is 9.20. The molecule has 0 saturated carbocycles. The number of hydrogen-bond donors (Lipinski definition) is 1. The van der Waals surface area contributed by atoms with E-state index in [-0.39, 0.29) is 12.0 Å². The third-order valence-electron chi connectivity index (χ3n) is 7.54. The lowest BCUT2D eigenvalue weighted by Crippen LogP contribution is -2.50. The first-order chi connectivity index (χ1) is 20.2. The van der Waals surface area contributed by atoms with Gasteiger partial charge in [-0.05, 0) is 60.9 Å². The molecular weight excluding hydrogens is 528 g/mol. The van der Waals surface area contributed by atoms with Gasteiger partial charge in [0.1, 0.15) is 5.60 Å². The molecule has 0 aliphatic carbocycles. The van der Waals surface area contributed by atoms with Gasteiger partial charge in [-0.1, -0.05) is 42.5 Å². The van der Waals surface area contributed by atoms with Gasteiger partial charge in [-0.15, -0.1) is 0 Å². The standard InChI is InChI=1S/C33H34N6O3/c1-33(2,3)42-32(41)38-17-15-37(16-18-38)24-11-9-22(10-12-24)23-19-35-30-29(20-36-39(30)21-23)27-13-14-28(31(40)34-4)26-8-6-5-7-25(26)27/h5-14,19-21H,15-18H2,1-4H3,(H,34,40). The molecule has 0 atom stereocenters. The number of carbonyl (C=O) groups excluding carboxylic acids is 2. The second kappa shape index (κ2) is 10.8. The van der Waals surface area contributed by atoms with E-state index in [4.69, 9.17) is 9.72 Å². The average molecular weight is 563 g/mol. The van der Waals surface area contributed by atoms with Crippen LogP contribution in [-0.4, -0.2) is 70.3 Å². The predicted molar refractivity (Wildman–Crippen MR) is 165 cm³/mol. The molecule has 9 nitrogen and oxygen atoms in total. The number of anilines is 1. The fourth-order valence-electron chi connectivity index (χ4n) is 5.42. The lowest BCUT2D eigenvalue weighted by molar-refractivity contribution is 0.0240. The Bertz CT molecular complexity index is 1780. The van der Waals surface area contributed by atoms with Gasteiger partial charge in [0.05, 0.1) is 6.20 Å². The molecule has 0 unspecified atom stereocenters. The Hall–Kier alpha value is -4.92. The summed E-state index contributed by atoms with van der Waals surface area (Å²) in [5.74, 6) is -0.116. The lowest BCUT2D eigenvalue weighted by Gasteiger charge is -2.36. The van der Waals surface area contributed by atoms with Crippen molar-refractivity contribution in [3.63, 3.8) is 0 Å². The Morgan fingerprint density at radius 2 is 1.55 bits per heavy atom. The van der Waals surface area contributed by atoms with Gasteiger partial charge in [-0.2, -0.15) is 5.10 Å². The Labute approximate surface area is 244 Å². The van der Waals surface area contributed by atoms with E-state index in [1.54, 1.807) is 16.5 Å². The number of fused-ring (bicyclic) bond motifs is 2. The zero-order chi connectivity index (χ0) is 29.4. The molecule has 9 heteroatoms. The second-order valence-electron chi connectivity index (χ2n) is 11.5. The van der Waals surface area contributed by atoms with Crippen LogP contribution in [0.3, 0.4) is 0 Å². The van der Waals surface area contributed by atoms with E-state index in [1.807, 2.05) is 75.8 Å². The van der Waals surface area contributed by atoms with Crippen molar-refractivity contribution in [3.8, 4) is 22.3 Å². The van der Waals surface area contributed by atoms with Crippen molar-refractivity contribution in [2.45, 2.75) is 26.4 Å². The molecule has 1 aliphatic heterocycles. The van der Waals surface area contributed by atoms with Crippen LogP contribution in [0.15, 0.2) is 79.3 Å². The van der Waals surface area contributed by atoms with Gasteiger partial charge in [0.25, 0.3) is 5.91 Å². The molecule has 1 saturated heterocycles. The number of piperazine rings is 1. The van der Waals surface area contributed by atoms with Crippen LogP contribution >= 0.6 is 0 Å². The van der Waals surface area contributed by atoms with Gasteiger partial charge in [-0.3, -0.25) is 4.79 Å². The van der Waals surface area contributed by atoms with Crippen molar-refractivity contribution >= 4 is 34.1 Å². The minimum Gasteiger partial charge on any atom is -0.444 e. The molecule has 1 fully saturated rings. The highest BCUT2D eigenvalue weighted by Crippen LogP contribution is 2.33. The van der Waals surface area contributed by atoms with Gasteiger partial charge in [-0.25, -0.2) is 14.3 Å². The van der Waals surface area contributed by atoms with Crippen molar-refractivity contribution in [2.75, 3.05) is 38.1 Å². The summed E-state index contributed by atoms with van der Waals surface area (Å²) in [6.45, 7) is 8.42. The monoisotopic (exact) mass is 562 g/mol. The van der Waals surface area contributed by atoms with Gasteiger partial charge in [0.15, 0.2) is 5.65 Å². The third-order valence-corrected chi connectivity index (χ3v) is 7.54. The van der Waals surface area contributed by atoms with Crippen molar-refractivity contribution in [1.29, 1.82) is 0 Å². The zero-order valence-electron chi connectivity index (χ0n) is 24.3. The first-order valence-electron chi connectivity index (χ1n) is 14.1. The van der Waals surface area contributed by atoms with Crippen LogP contribution in [0.4, 0.5) is 10.5 Å². The molecule has 3 aromatic carbocycles. The molecule has 1 aliphatic rings. The largest absolute Gasteiger partial charge is 0.444 e. The van der Waals surface area contributed by atoms with Crippen LogP contribution in [0.2, 0.25) is 0 Å². The van der Waals surface area contributed by atoms with Gasteiger partial charge in [0.2, 0.25) is 0 Å². The van der Waals surface area contributed by atoms with E-state index in [1.165, 1.54) is 0 Å². The average Bonchev–Trinajstić information content (AvgIpc) is 3.42. The minimum atomic E-state index is -0.493. The first kappa shape index (κ1) is 27.3. The first-order valence-corrected chi connectivity index (χ1v) is 14.1. The summed E-state index contributed by atoms with van der Waals surface area (Å²) in [4.78, 5) is 33.7. The number of ether oxygens (including phenoxy) is 1. The molecule has 3 heterocycles. The van der Waals surface area contributed by atoms with E-state index >= 15 is 0 Å². The van der Waals surface area contributed by atoms with Crippen molar-refractivity contribution in [1.82, 2.24) is 24.8 Å². The number of nitrogens with zero attached hydrogens (tertiary/aromatic N) is 5. The second-order valence-corrected chi connectivity index (χ2v) is 11.5. The number of amides is 2. The van der Waals surface area contributed by atoms with Crippen LogP contribution in [0, 0.1) is 0 Å². The Balaban J connectivity index is 1.21. The summed E-state index contributed by atoms with van der Waals surface area (Å²) in [5.41, 5.74) is 5.88. The summed E-state index contributed by atoms with van der Waals surface area (Å²) in [7, 11) is 1.64. The maximum absolute atomic E-state index is 12.4. The van der Waals surface area contributed by atoms with Gasteiger partial charge >= 0.3 is 6.09 Å². The van der Waals surface area contributed by atoms with Crippen LogP contribution in [0.1, 0.15) is 31.1 Å². The fourth-order valence-corrected chi connectivity index (χ4v) is 5.42. The maximum Gasteiger partial charge on any atom is 0.410 e. The zero-order valence-corrected chi connectivity index (χ0v) is 24.3. The van der Waals surface area contributed by atoms with Gasteiger partial charge < -0.3 is 19.9 Å². The molecule has 42 heavy (non-hydrogen) atoms. The topological polar surface area (TPSA) is 92.1 Å². The van der Waals surface area contributed by atoms with E-state index in [0.717, 1.165) is 57.5 Å². The number of nitrogens with one attached hydrogen (secondary N) is 1. The number of benzene rings is 3. The van der Waals surface area contributed by atoms with Crippen molar-refractivity contribution in [3.05, 3.63) is 84.8 Å². The SMILES string of the molecule is CNC(=O)c1ccc(-c2cnn3cc(-c4ccc(N5CCN(C(=O)OC(C)(C)C)CC5)cc4)cnc23)c2ccccc12.